The van der Waals surface area contributed by atoms with E-state index in [-0.39, 0.29) is 0 Å². The summed E-state index contributed by atoms with van der Waals surface area (Å²) in [5, 5.41) is 7.04. The molecule has 100 valence electrons. The summed E-state index contributed by atoms with van der Waals surface area (Å²) in [5.41, 5.74) is 4.95. The number of nitrogens with zero attached hydrogens (tertiary/aromatic N) is 3. The standard InChI is InChI=1S/C14H12N4S2/c1-10-13(12-5-3-7-19-12)17-14(20-10)18-16-9-11-4-2-6-15-8-11/h2-9H,1H3,(H,17,18)/b16-9-. The molecule has 3 rings (SSSR count). The first-order valence-corrected chi connectivity index (χ1v) is 7.73. The van der Waals surface area contributed by atoms with E-state index in [9.17, 15) is 0 Å². The Morgan fingerprint density at radius 2 is 2.25 bits per heavy atom. The summed E-state index contributed by atoms with van der Waals surface area (Å²) in [4.78, 5) is 11.0. The van der Waals surface area contributed by atoms with Crippen LogP contribution in [0.2, 0.25) is 0 Å². The number of hydrogen-bond acceptors (Lipinski definition) is 6. The van der Waals surface area contributed by atoms with Crippen molar-refractivity contribution in [2.75, 3.05) is 5.43 Å². The number of anilines is 1. The van der Waals surface area contributed by atoms with Crippen molar-refractivity contribution in [3.63, 3.8) is 0 Å². The number of aromatic nitrogens is 2. The molecule has 0 aliphatic rings. The van der Waals surface area contributed by atoms with E-state index >= 15 is 0 Å². The Bertz CT molecular complexity index is 702. The smallest absolute Gasteiger partial charge is 0.204 e. The Morgan fingerprint density at radius 1 is 1.30 bits per heavy atom. The number of hydrazone groups is 1. The molecule has 0 aromatic carbocycles. The van der Waals surface area contributed by atoms with Crippen LogP contribution in [-0.4, -0.2) is 16.2 Å². The van der Waals surface area contributed by atoms with Gasteiger partial charge in [-0.05, 0) is 24.4 Å². The van der Waals surface area contributed by atoms with Crippen LogP contribution in [0.25, 0.3) is 10.6 Å². The summed E-state index contributed by atoms with van der Waals surface area (Å²) in [6.07, 6.45) is 5.23. The fourth-order valence-corrected chi connectivity index (χ4v) is 3.31. The normalized spacial score (nSPS) is 11.1. The SMILES string of the molecule is Cc1sc(N/N=C\c2cccnc2)nc1-c1cccs1. The zero-order valence-electron chi connectivity index (χ0n) is 10.8. The molecule has 20 heavy (non-hydrogen) atoms. The van der Waals surface area contributed by atoms with E-state index in [1.807, 2.05) is 18.2 Å². The van der Waals surface area contributed by atoms with Crippen molar-refractivity contribution in [3.8, 4) is 10.6 Å². The highest BCUT2D eigenvalue weighted by atomic mass is 32.1. The molecular formula is C14H12N4S2. The second-order valence-corrected chi connectivity index (χ2v) is 6.21. The minimum Gasteiger partial charge on any atom is -0.264 e. The quantitative estimate of drug-likeness (QED) is 0.585. The van der Waals surface area contributed by atoms with Crippen LogP contribution in [0.3, 0.4) is 0 Å². The second-order valence-electron chi connectivity index (χ2n) is 4.06. The van der Waals surface area contributed by atoms with Gasteiger partial charge in [0.1, 0.15) is 0 Å². The van der Waals surface area contributed by atoms with Gasteiger partial charge in [0.2, 0.25) is 5.13 Å². The highest BCUT2D eigenvalue weighted by molar-refractivity contribution is 7.17. The van der Waals surface area contributed by atoms with Gasteiger partial charge in [-0.1, -0.05) is 12.1 Å². The minimum absolute atomic E-state index is 0.797. The van der Waals surface area contributed by atoms with Gasteiger partial charge in [0, 0.05) is 22.8 Å². The van der Waals surface area contributed by atoms with E-state index in [1.165, 1.54) is 9.75 Å². The molecule has 0 spiro atoms. The highest BCUT2D eigenvalue weighted by Crippen LogP contribution is 2.32. The van der Waals surface area contributed by atoms with E-state index in [2.05, 4.69) is 38.9 Å². The lowest BCUT2D eigenvalue weighted by atomic mass is 10.3. The van der Waals surface area contributed by atoms with Crippen LogP contribution in [0, 0.1) is 6.92 Å². The van der Waals surface area contributed by atoms with Gasteiger partial charge < -0.3 is 0 Å². The lowest BCUT2D eigenvalue weighted by Gasteiger charge is -1.93. The van der Waals surface area contributed by atoms with Gasteiger partial charge in [0.15, 0.2) is 0 Å². The Hall–Kier alpha value is -2.05. The summed E-state index contributed by atoms with van der Waals surface area (Å²) in [7, 11) is 0. The number of hydrogen-bond donors (Lipinski definition) is 1. The first-order chi connectivity index (χ1) is 9.83. The van der Waals surface area contributed by atoms with Crippen molar-refractivity contribution >= 4 is 34.0 Å². The molecule has 3 heterocycles. The number of aryl methyl sites for hydroxylation is 1. The summed E-state index contributed by atoms with van der Waals surface area (Å²) in [5.74, 6) is 0. The molecule has 0 radical (unpaired) electrons. The maximum Gasteiger partial charge on any atom is 0.204 e. The Balaban J connectivity index is 1.73. The van der Waals surface area contributed by atoms with Crippen LogP contribution in [-0.2, 0) is 0 Å². The lowest BCUT2D eigenvalue weighted by Crippen LogP contribution is -1.90. The molecule has 0 unspecified atom stereocenters. The maximum absolute atomic E-state index is 4.57. The van der Waals surface area contributed by atoms with Crippen LogP contribution in [0.5, 0.6) is 0 Å². The van der Waals surface area contributed by atoms with Crippen LogP contribution in [0.15, 0.2) is 47.1 Å². The van der Waals surface area contributed by atoms with E-state index in [4.69, 9.17) is 0 Å². The van der Waals surface area contributed by atoms with Crippen LogP contribution in [0.4, 0.5) is 5.13 Å². The largest absolute Gasteiger partial charge is 0.264 e. The molecule has 0 aliphatic heterocycles. The summed E-state index contributed by atoms with van der Waals surface area (Å²) in [6.45, 7) is 2.07. The molecular weight excluding hydrogens is 288 g/mol. The Labute approximate surface area is 124 Å². The summed E-state index contributed by atoms with van der Waals surface area (Å²) >= 11 is 3.30. The first kappa shape index (κ1) is 13.0. The summed E-state index contributed by atoms with van der Waals surface area (Å²) in [6, 6.07) is 7.94. The predicted molar refractivity (Wildman–Crippen MR) is 85.6 cm³/mol. The van der Waals surface area contributed by atoms with Crippen LogP contribution in [0.1, 0.15) is 10.4 Å². The summed E-state index contributed by atoms with van der Waals surface area (Å²) < 4.78 is 0. The fraction of sp³-hybridized carbons (Fsp3) is 0.0714. The molecule has 6 heteroatoms. The molecule has 1 N–H and O–H groups in total. The van der Waals surface area contributed by atoms with Gasteiger partial charge in [-0.2, -0.15) is 5.10 Å². The molecule has 3 aromatic rings. The van der Waals surface area contributed by atoms with E-state index in [0.717, 1.165) is 16.4 Å². The van der Waals surface area contributed by atoms with Crippen molar-refractivity contribution in [1.82, 2.24) is 9.97 Å². The van der Waals surface area contributed by atoms with Crippen molar-refractivity contribution in [1.29, 1.82) is 0 Å². The molecule has 0 fully saturated rings. The topological polar surface area (TPSA) is 50.2 Å². The molecule has 0 bridgehead atoms. The maximum atomic E-state index is 4.57. The molecule has 0 saturated heterocycles. The number of thiazole rings is 1. The van der Waals surface area contributed by atoms with Crippen LogP contribution < -0.4 is 5.43 Å². The van der Waals surface area contributed by atoms with E-state index in [1.54, 1.807) is 41.3 Å². The Morgan fingerprint density at radius 3 is 3.00 bits per heavy atom. The number of rotatable bonds is 4. The molecule has 0 amide bonds. The third-order valence-corrected chi connectivity index (χ3v) is 4.36. The average molecular weight is 300 g/mol. The first-order valence-electron chi connectivity index (χ1n) is 6.03. The zero-order valence-corrected chi connectivity index (χ0v) is 12.4. The number of nitrogens with one attached hydrogen (secondary N) is 1. The monoisotopic (exact) mass is 300 g/mol. The van der Waals surface area contributed by atoms with E-state index in [0.29, 0.717) is 0 Å². The van der Waals surface area contributed by atoms with Crippen molar-refractivity contribution in [2.24, 2.45) is 5.10 Å². The van der Waals surface area contributed by atoms with Gasteiger partial charge in [0.05, 0.1) is 16.8 Å². The minimum atomic E-state index is 0.797. The number of pyridine rings is 1. The zero-order chi connectivity index (χ0) is 13.8. The average Bonchev–Trinajstić information content (AvgIpc) is 3.09. The third kappa shape index (κ3) is 2.92. The Kier molecular flexibility index (Phi) is 3.85. The fourth-order valence-electron chi connectivity index (χ4n) is 1.70. The van der Waals surface area contributed by atoms with Crippen molar-refractivity contribution < 1.29 is 0 Å². The van der Waals surface area contributed by atoms with Gasteiger partial charge in [0.25, 0.3) is 0 Å². The third-order valence-electron chi connectivity index (χ3n) is 2.61. The number of thiophene rings is 1. The van der Waals surface area contributed by atoms with Gasteiger partial charge in [-0.3, -0.25) is 10.4 Å². The van der Waals surface area contributed by atoms with Gasteiger partial charge >= 0.3 is 0 Å². The molecule has 0 aliphatic carbocycles. The molecule has 0 saturated carbocycles. The lowest BCUT2D eigenvalue weighted by molar-refractivity contribution is 1.28. The van der Waals surface area contributed by atoms with Crippen molar-refractivity contribution in [3.05, 3.63) is 52.5 Å². The van der Waals surface area contributed by atoms with Gasteiger partial charge in [-0.15, -0.1) is 22.7 Å². The molecule has 3 aromatic heterocycles. The molecule has 0 atom stereocenters. The molecule has 4 nitrogen and oxygen atoms in total. The highest BCUT2D eigenvalue weighted by Gasteiger charge is 2.09. The van der Waals surface area contributed by atoms with E-state index < -0.39 is 0 Å². The van der Waals surface area contributed by atoms with Gasteiger partial charge in [-0.25, -0.2) is 4.98 Å². The second kappa shape index (κ2) is 5.94. The van der Waals surface area contributed by atoms with Crippen LogP contribution >= 0.6 is 22.7 Å². The van der Waals surface area contributed by atoms with Crippen molar-refractivity contribution in [2.45, 2.75) is 6.92 Å². The predicted octanol–water partition coefficient (Wildman–Crippen LogP) is 4.02.